The van der Waals surface area contributed by atoms with Crippen LogP contribution in [0.15, 0.2) is 42.6 Å². The Morgan fingerprint density at radius 1 is 1.12 bits per heavy atom. The Balaban J connectivity index is 1.73. The van der Waals surface area contributed by atoms with Crippen molar-refractivity contribution in [1.82, 2.24) is 9.97 Å². The smallest absolute Gasteiger partial charge is 0.223 e. The minimum absolute atomic E-state index is 0.130. The summed E-state index contributed by atoms with van der Waals surface area (Å²) in [6.45, 7) is 0.632. The molecule has 0 atom stereocenters. The third-order valence-corrected chi connectivity index (χ3v) is 2.05. The predicted octanol–water partition coefficient (Wildman–Crippen LogP) is 1.61. The Bertz CT molecular complexity index is 462. The van der Waals surface area contributed by atoms with Crippen molar-refractivity contribution in [3.05, 3.63) is 48.2 Å². The lowest BCUT2D eigenvalue weighted by Gasteiger charge is -2.06. The van der Waals surface area contributed by atoms with Gasteiger partial charge in [0.1, 0.15) is 0 Å². The molecule has 0 aliphatic heterocycles. The van der Waals surface area contributed by atoms with Crippen LogP contribution in [0.3, 0.4) is 0 Å². The topological polar surface area (TPSA) is 70.3 Å². The second-order valence-corrected chi connectivity index (χ2v) is 3.35. The van der Waals surface area contributed by atoms with Gasteiger partial charge in [0.15, 0.2) is 6.79 Å². The third-order valence-electron chi connectivity index (χ3n) is 2.05. The molecule has 0 bridgehead atoms. The fourth-order valence-electron chi connectivity index (χ4n) is 1.27. The highest BCUT2D eigenvalue weighted by Crippen LogP contribution is 2.06. The number of ether oxygens (including phenoxy) is 2. The summed E-state index contributed by atoms with van der Waals surface area (Å²) >= 11 is 0. The quantitative estimate of drug-likeness (QED) is 0.625. The van der Waals surface area contributed by atoms with Gasteiger partial charge in [-0.3, -0.25) is 0 Å². The second-order valence-electron chi connectivity index (χ2n) is 3.35. The van der Waals surface area contributed by atoms with Gasteiger partial charge in [-0.15, -0.1) is 0 Å². The highest BCUT2D eigenvalue weighted by Gasteiger charge is 1.97. The number of nitrogens with two attached hydrogens (primary N) is 1. The van der Waals surface area contributed by atoms with Crippen LogP contribution in [-0.4, -0.2) is 16.8 Å². The summed E-state index contributed by atoms with van der Waals surface area (Å²) in [6.07, 6.45) is 1.54. The Labute approximate surface area is 99.2 Å². The van der Waals surface area contributed by atoms with E-state index in [1.807, 2.05) is 30.3 Å². The molecule has 88 valence electrons. The van der Waals surface area contributed by atoms with Crippen LogP contribution in [-0.2, 0) is 11.3 Å². The molecule has 1 aromatic heterocycles. The van der Waals surface area contributed by atoms with Crippen LogP contribution in [0.4, 0.5) is 5.95 Å². The molecule has 0 fully saturated rings. The van der Waals surface area contributed by atoms with E-state index in [4.69, 9.17) is 15.2 Å². The van der Waals surface area contributed by atoms with E-state index in [0.717, 1.165) is 5.56 Å². The van der Waals surface area contributed by atoms with E-state index in [-0.39, 0.29) is 12.7 Å². The van der Waals surface area contributed by atoms with E-state index in [0.29, 0.717) is 12.5 Å². The van der Waals surface area contributed by atoms with Crippen LogP contribution in [0.5, 0.6) is 5.88 Å². The van der Waals surface area contributed by atoms with Gasteiger partial charge in [0.05, 0.1) is 6.61 Å². The average molecular weight is 231 g/mol. The lowest BCUT2D eigenvalue weighted by molar-refractivity contribution is 0.00259. The zero-order valence-corrected chi connectivity index (χ0v) is 9.24. The number of hydrogen-bond donors (Lipinski definition) is 1. The number of hydrogen-bond acceptors (Lipinski definition) is 5. The van der Waals surface area contributed by atoms with Crippen molar-refractivity contribution in [1.29, 1.82) is 0 Å². The fourth-order valence-corrected chi connectivity index (χ4v) is 1.27. The van der Waals surface area contributed by atoms with Crippen molar-refractivity contribution in [3.8, 4) is 5.88 Å². The molecule has 1 aromatic carbocycles. The molecule has 2 aromatic rings. The number of anilines is 1. The summed E-state index contributed by atoms with van der Waals surface area (Å²) in [4.78, 5) is 7.64. The molecule has 2 N–H and O–H groups in total. The molecule has 5 nitrogen and oxygen atoms in total. The van der Waals surface area contributed by atoms with Crippen molar-refractivity contribution in [2.45, 2.75) is 6.61 Å². The fraction of sp³-hybridized carbons (Fsp3) is 0.167. The van der Waals surface area contributed by atoms with Crippen LogP contribution < -0.4 is 10.5 Å². The van der Waals surface area contributed by atoms with Crippen LogP contribution in [0.25, 0.3) is 0 Å². The van der Waals surface area contributed by atoms with Gasteiger partial charge >= 0.3 is 0 Å². The monoisotopic (exact) mass is 231 g/mol. The maximum Gasteiger partial charge on any atom is 0.223 e. The van der Waals surface area contributed by atoms with Gasteiger partial charge in [-0.1, -0.05) is 30.3 Å². The van der Waals surface area contributed by atoms with Gasteiger partial charge in [-0.25, -0.2) is 4.98 Å². The molecular formula is C12H13N3O2. The van der Waals surface area contributed by atoms with E-state index >= 15 is 0 Å². The Morgan fingerprint density at radius 2 is 1.94 bits per heavy atom. The molecule has 5 heteroatoms. The Morgan fingerprint density at radius 3 is 2.71 bits per heavy atom. The van der Waals surface area contributed by atoms with Crippen molar-refractivity contribution < 1.29 is 9.47 Å². The van der Waals surface area contributed by atoms with Crippen LogP contribution in [0.2, 0.25) is 0 Å². The highest BCUT2D eigenvalue weighted by atomic mass is 16.7. The Kier molecular flexibility index (Phi) is 3.88. The summed E-state index contributed by atoms with van der Waals surface area (Å²) in [7, 11) is 0. The van der Waals surface area contributed by atoms with Crippen molar-refractivity contribution in [2.24, 2.45) is 0 Å². The van der Waals surface area contributed by atoms with Crippen molar-refractivity contribution in [2.75, 3.05) is 12.5 Å². The zero-order valence-electron chi connectivity index (χ0n) is 9.24. The van der Waals surface area contributed by atoms with Gasteiger partial charge in [0, 0.05) is 12.3 Å². The first-order valence-corrected chi connectivity index (χ1v) is 5.17. The normalized spacial score (nSPS) is 10.1. The van der Waals surface area contributed by atoms with E-state index in [9.17, 15) is 0 Å². The summed E-state index contributed by atoms with van der Waals surface area (Å²) in [6, 6.07) is 11.5. The first kappa shape index (κ1) is 11.3. The number of benzene rings is 1. The van der Waals surface area contributed by atoms with Crippen LogP contribution in [0, 0.1) is 0 Å². The summed E-state index contributed by atoms with van der Waals surface area (Å²) in [5, 5.41) is 0. The molecule has 0 radical (unpaired) electrons. The minimum Gasteiger partial charge on any atom is -0.450 e. The molecule has 1 heterocycles. The molecule has 0 unspecified atom stereocenters. The van der Waals surface area contributed by atoms with E-state index < -0.39 is 0 Å². The predicted molar refractivity (Wildman–Crippen MR) is 63.2 cm³/mol. The maximum atomic E-state index is 5.41. The third kappa shape index (κ3) is 3.73. The standard InChI is InChI=1S/C12H13N3O2/c13-12-14-7-6-11(15-12)17-9-16-8-10-4-2-1-3-5-10/h1-7H,8-9H2,(H2,13,14,15). The minimum atomic E-state index is 0.130. The highest BCUT2D eigenvalue weighted by molar-refractivity contribution is 5.20. The molecule has 0 saturated carbocycles. The van der Waals surface area contributed by atoms with Gasteiger partial charge in [0.25, 0.3) is 0 Å². The van der Waals surface area contributed by atoms with Gasteiger partial charge in [0.2, 0.25) is 11.8 Å². The van der Waals surface area contributed by atoms with Gasteiger partial charge in [-0.2, -0.15) is 4.98 Å². The van der Waals surface area contributed by atoms with Crippen LogP contribution in [0.1, 0.15) is 5.56 Å². The average Bonchev–Trinajstić information content (AvgIpc) is 2.36. The molecule has 0 aliphatic carbocycles. The summed E-state index contributed by atoms with van der Waals surface area (Å²) in [5.41, 5.74) is 6.51. The number of rotatable bonds is 5. The molecule has 0 spiro atoms. The maximum absolute atomic E-state index is 5.41. The number of nitrogen functional groups attached to an aromatic ring is 1. The molecule has 0 amide bonds. The summed E-state index contributed by atoms with van der Waals surface area (Å²) < 4.78 is 10.6. The van der Waals surface area contributed by atoms with E-state index in [2.05, 4.69) is 9.97 Å². The Hall–Kier alpha value is -2.14. The second kappa shape index (κ2) is 5.81. The van der Waals surface area contributed by atoms with Crippen molar-refractivity contribution >= 4 is 5.95 Å². The molecule has 2 rings (SSSR count). The van der Waals surface area contributed by atoms with E-state index in [1.54, 1.807) is 6.07 Å². The largest absolute Gasteiger partial charge is 0.450 e. The van der Waals surface area contributed by atoms with Crippen molar-refractivity contribution in [3.63, 3.8) is 0 Å². The SMILES string of the molecule is Nc1nccc(OCOCc2ccccc2)n1. The summed E-state index contributed by atoms with van der Waals surface area (Å²) in [5.74, 6) is 0.594. The lowest BCUT2D eigenvalue weighted by Crippen LogP contribution is -2.05. The first-order chi connectivity index (χ1) is 8.34. The van der Waals surface area contributed by atoms with Gasteiger partial charge in [-0.05, 0) is 5.56 Å². The zero-order chi connectivity index (χ0) is 11.9. The molecule has 0 aliphatic rings. The number of aromatic nitrogens is 2. The van der Waals surface area contributed by atoms with Gasteiger partial charge < -0.3 is 15.2 Å². The molecular weight excluding hydrogens is 218 g/mol. The molecule has 0 saturated heterocycles. The lowest BCUT2D eigenvalue weighted by atomic mass is 10.2. The van der Waals surface area contributed by atoms with Crippen LogP contribution >= 0.6 is 0 Å². The van der Waals surface area contributed by atoms with E-state index in [1.165, 1.54) is 6.20 Å². The number of nitrogens with zero attached hydrogens (tertiary/aromatic N) is 2. The first-order valence-electron chi connectivity index (χ1n) is 5.17. The molecule has 17 heavy (non-hydrogen) atoms.